The predicted molar refractivity (Wildman–Crippen MR) is 54.1 cm³/mol. The van der Waals surface area contributed by atoms with Crippen LogP contribution in [0.1, 0.15) is 13.8 Å². The summed E-state index contributed by atoms with van der Waals surface area (Å²) in [6, 6.07) is 0. The third-order valence-corrected chi connectivity index (χ3v) is 1.83. The standard InChI is InChI=1S/C8H12N4O4/c1-8(2,10-7(13)14)5-11-4-6(3-9-11)12(15)16/h3-4,10H,5H2,1-2H3,(H,13,14). The fourth-order valence-corrected chi connectivity index (χ4v) is 1.27. The minimum absolute atomic E-state index is 0.119. The minimum Gasteiger partial charge on any atom is -0.465 e. The normalized spacial score (nSPS) is 11.1. The summed E-state index contributed by atoms with van der Waals surface area (Å²) < 4.78 is 1.33. The van der Waals surface area contributed by atoms with Crippen molar-refractivity contribution in [3.05, 3.63) is 22.5 Å². The summed E-state index contributed by atoms with van der Waals surface area (Å²) in [5, 5.41) is 25.0. The van der Waals surface area contributed by atoms with Crippen LogP contribution in [0.2, 0.25) is 0 Å². The van der Waals surface area contributed by atoms with Gasteiger partial charge in [-0.2, -0.15) is 5.10 Å². The minimum atomic E-state index is -1.15. The number of nitrogens with one attached hydrogen (secondary N) is 1. The van der Waals surface area contributed by atoms with Crippen molar-refractivity contribution in [2.45, 2.75) is 25.9 Å². The van der Waals surface area contributed by atoms with Crippen LogP contribution in [-0.2, 0) is 6.54 Å². The molecule has 0 aromatic carbocycles. The Morgan fingerprint density at radius 1 is 1.75 bits per heavy atom. The number of aromatic nitrogens is 2. The van der Waals surface area contributed by atoms with Crippen molar-refractivity contribution in [3.63, 3.8) is 0 Å². The Morgan fingerprint density at radius 2 is 2.38 bits per heavy atom. The third-order valence-electron chi connectivity index (χ3n) is 1.83. The van der Waals surface area contributed by atoms with Gasteiger partial charge in [-0.3, -0.25) is 14.8 Å². The highest BCUT2D eigenvalue weighted by molar-refractivity contribution is 5.65. The van der Waals surface area contributed by atoms with Gasteiger partial charge in [0.2, 0.25) is 0 Å². The van der Waals surface area contributed by atoms with Gasteiger partial charge in [0.25, 0.3) is 0 Å². The fraction of sp³-hybridized carbons (Fsp3) is 0.500. The quantitative estimate of drug-likeness (QED) is 0.586. The number of nitrogens with zero attached hydrogens (tertiary/aromatic N) is 3. The van der Waals surface area contributed by atoms with Gasteiger partial charge in [0.05, 0.1) is 17.0 Å². The largest absolute Gasteiger partial charge is 0.465 e. The monoisotopic (exact) mass is 228 g/mol. The molecule has 8 nitrogen and oxygen atoms in total. The highest BCUT2D eigenvalue weighted by Gasteiger charge is 2.22. The Hall–Kier alpha value is -2.12. The number of hydrogen-bond acceptors (Lipinski definition) is 4. The van der Waals surface area contributed by atoms with E-state index in [0.717, 1.165) is 6.20 Å². The van der Waals surface area contributed by atoms with E-state index in [1.165, 1.54) is 10.9 Å². The third kappa shape index (κ3) is 3.23. The van der Waals surface area contributed by atoms with Gasteiger partial charge < -0.3 is 10.4 Å². The molecule has 0 aliphatic carbocycles. The maximum Gasteiger partial charge on any atom is 0.405 e. The zero-order chi connectivity index (χ0) is 12.3. The molecule has 1 amide bonds. The van der Waals surface area contributed by atoms with Crippen molar-refractivity contribution < 1.29 is 14.8 Å². The smallest absolute Gasteiger partial charge is 0.405 e. The van der Waals surface area contributed by atoms with E-state index in [1.807, 2.05) is 0 Å². The Balaban J connectivity index is 2.72. The first kappa shape index (κ1) is 12.0. The molecule has 0 bridgehead atoms. The Kier molecular flexibility index (Phi) is 3.11. The predicted octanol–water partition coefficient (Wildman–Crippen LogP) is 0.838. The van der Waals surface area contributed by atoms with Gasteiger partial charge in [0, 0.05) is 0 Å². The average Bonchev–Trinajstić information content (AvgIpc) is 2.48. The number of carbonyl (C=O) groups is 1. The number of hydrogen-bond donors (Lipinski definition) is 2. The molecule has 1 heterocycles. The van der Waals surface area contributed by atoms with Crippen molar-refractivity contribution >= 4 is 11.8 Å². The Labute approximate surface area is 91.0 Å². The molecule has 0 spiro atoms. The summed E-state index contributed by atoms with van der Waals surface area (Å²) in [6.07, 6.45) is 1.23. The fourth-order valence-electron chi connectivity index (χ4n) is 1.27. The van der Waals surface area contributed by atoms with Crippen LogP contribution >= 0.6 is 0 Å². The molecule has 8 heteroatoms. The van der Waals surface area contributed by atoms with Crippen LogP contribution < -0.4 is 5.32 Å². The van der Waals surface area contributed by atoms with E-state index >= 15 is 0 Å². The molecule has 1 aromatic heterocycles. The van der Waals surface area contributed by atoms with Gasteiger partial charge in [0.15, 0.2) is 0 Å². The maximum absolute atomic E-state index is 10.5. The lowest BCUT2D eigenvalue weighted by atomic mass is 10.1. The highest BCUT2D eigenvalue weighted by atomic mass is 16.6. The molecule has 0 atom stereocenters. The van der Waals surface area contributed by atoms with E-state index in [2.05, 4.69) is 10.4 Å². The topological polar surface area (TPSA) is 110 Å². The summed E-state index contributed by atoms with van der Waals surface area (Å²) in [5.74, 6) is 0. The van der Waals surface area contributed by atoms with Gasteiger partial charge >= 0.3 is 11.8 Å². The molecule has 0 unspecified atom stereocenters. The van der Waals surface area contributed by atoms with Crippen molar-refractivity contribution in [1.29, 1.82) is 0 Å². The highest BCUT2D eigenvalue weighted by Crippen LogP contribution is 2.11. The SMILES string of the molecule is CC(C)(Cn1cc([N+](=O)[O-])cn1)NC(=O)O. The van der Waals surface area contributed by atoms with Crippen LogP contribution in [0.25, 0.3) is 0 Å². The molecule has 0 saturated heterocycles. The Bertz CT molecular complexity index is 412. The van der Waals surface area contributed by atoms with Gasteiger partial charge in [0.1, 0.15) is 12.4 Å². The van der Waals surface area contributed by atoms with Crippen LogP contribution in [0, 0.1) is 10.1 Å². The molecular weight excluding hydrogens is 216 g/mol. The molecule has 0 aliphatic heterocycles. The van der Waals surface area contributed by atoms with E-state index < -0.39 is 16.6 Å². The lowest BCUT2D eigenvalue weighted by molar-refractivity contribution is -0.385. The Morgan fingerprint density at radius 3 is 2.81 bits per heavy atom. The van der Waals surface area contributed by atoms with Crippen LogP contribution in [0.5, 0.6) is 0 Å². The zero-order valence-electron chi connectivity index (χ0n) is 8.88. The van der Waals surface area contributed by atoms with E-state index in [0.29, 0.717) is 0 Å². The van der Waals surface area contributed by atoms with Gasteiger partial charge in [-0.1, -0.05) is 0 Å². The molecule has 16 heavy (non-hydrogen) atoms. The molecule has 0 aliphatic rings. The molecular formula is C8H12N4O4. The van der Waals surface area contributed by atoms with E-state index in [1.54, 1.807) is 13.8 Å². The summed E-state index contributed by atoms with van der Waals surface area (Å²) in [4.78, 5) is 20.3. The summed E-state index contributed by atoms with van der Waals surface area (Å²) in [7, 11) is 0. The second-order valence-electron chi connectivity index (χ2n) is 3.97. The summed E-state index contributed by atoms with van der Waals surface area (Å²) in [6.45, 7) is 3.54. The number of nitro groups is 1. The molecule has 0 radical (unpaired) electrons. The van der Waals surface area contributed by atoms with Gasteiger partial charge in [-0.25, -0.2) is 4.79 Å². The number of amides is 1. The number of carboxylic acid groups (broad SMARTS) is 1. The first-order chi connectivity index (χ1) is 7.30. The lowest BCUT2D eigenvalue weighted by Gasteiger charge is -2.23. The maximum atomic E-state index is 10.5. The average molecular weight is 228 g/mol. The summed E-state index contributed by atoms with van der Waals surface area (Å²) in [5.41, 5.74) is -0.864. The van der Waals surface area contributed by atoms with Crippen LogP contribution in [0.15, 0.2) is 12.4 Å². The van der Waals surface area contributed by atoms with Crippen LogP contribution in [0.3, 0.4) is 0 Å². The number of rotatable bonds is 4. The van der Waals surface area contributed by atoms with Crippen molar-refractivity contribution in [2.75, 3.05) is 0 Å². The van der Waals surface area contributed by atoms with E-state index in [-0.39, 0.29) is 12.2 Å². The first-order valence-corrected chi connectivity index (χ1v) is 4.48. The zero-order valence-corrected chi connectivity index (χ0v) is 8.88. The second-order valence-corrected chi connectivity index (χ2v) is 3.97. The van der Waals surface area contributed by atoms with Crippen LogP contribution in [0.4, 0.5) is 10.5 Å². The van der Waals surface area contributed by atoms with Crippen molar-refractivity contribution in [2.24, 2.45) is 0 Å². The molecule has 0 saturated carbocycles. The first-order valence-electron chi connectivity index (χ1n) is 4.48. The molecule has 88 valence electrons. The van der Waals surface area contributed by atoms with Crippen molar-refractivity contribution in [1.82, 2.24) is 15.1 Å². The van der Waals surface area contributed by atoms with E-state index in [4.69, 9.17) is 5.11 Å². The van der Waals surface area contributed by atoms with Gasteiger partial charge in [-0.15, -0.1) is 0 Å². The molecule has 1 aromatic rings. The van der Waals surface area contributed by atoms with Gasteiger partial charge in [-0.05, 0) is 13.8 Å². The second kappa shape index (κ2) is 4.17. The van der Waals surface area contributed by atoms with Crippen LogP contribution in [-0.4, -0.2) is 31.4 Å². The summed E-state index contributed by atoms with van der Waals surface area (Å²) >= 11 is 0. The van der Waals surface area contributed by atoms with Crippen molar-refractivity contribution in [3.8, 4) is 0 Å². The molecule has 1 rings (SSSR count). The molecule has 2 N–H and O–H groups in total. The molecule has 0 fully saturated rings. The lowest BCUT2D eigenvalue weighted by Crippen LogP contribution is -2.46. The van der Waals surface area contributed by atoms with E-state index in [9.17, 15) is 14.9 Å².